The molecule has 100 valence electrons. The van der Waals surface area contributed by atoms with E-state index in [2.05, 4.69) is 56.6 Å². The Kier molecular flexibility index (Phi) is 3.64. The van der Waals surface area contributed by atoms with E-state index < -0.39 is 0 Å². The topological polar surface area (TPSA) is 43.6 Å². The summed E-state index contributed by atoms with van der Waals surface area (Å²) in [5.74, 6) is 1.51. The summed E-state index contributed by atoms with van der Waals surface area (Å²) >= 11 is 3.54. The monoisotopic (exact) mass is 320 g/mol. The molecule has 3 rings (SSSR count). The third-order valence-corrected chi connectivity index (χ3v) is 4.19. The van der Waals surface area contributed by atoms with Gasteiger partial charge in [-0.15, -0.1) is 5.10 Å². The average molecular weight is 321 g/mol. The van der Waals surface area contributed by atoms with Crippen molar-refractivity contribution in [2.45, 2.75) is 44.9 Å². The fourth-order valence-corrected chi connectivity index (χ4v) is 3.43. The molecule has 4 nitrogen and oxygen atoms in total. The molecule has 1 fully saturated rings. The highest BCUT2D eigenvalue weighted by Gasteiger charge is 2.22. The summed E-state index contributed by atoms with van der Waals surface area (Å²) in [4.78, 5) is 0. The predicted octanol–water partition coefficient (Wildman–Crippen LogP) is 3.78. The number of benzene rings is 1. The highest BCUT2D eigenvalue weighted by molar-refractivity contribution is 9.10. The van der Waals surface area contributed by atoms with Crippen molar-refractivity contribution in [1.82, 2.24) is 20.2 Å². The van der Waals surface area contributed by atoms with E-state index in [4.69, 9.17) is 0 Å². The quantitative estimate of drug-likeness (QED) is 0.845. The van der Waals surface area contributed by atoms with Gasteiger partial charge in [-0.3, -0.25) is 0 Å². The molecule has 1 aromatic carbocycles. The molecule has 5 heteroatoms. The molecular formula is C14H17BrN4. The van der Waals surface area contributed by atoms with E-state index in [0.717, 1.165) is 16.0 Å². The van der Waals surface area contributed by atoms with E-state index in [1.165, 1.54) is 37.7 Å². The molecule has 19 heavy (non-hydrogen) atoms. The molecule has 0 spiro atoms. The minimum Gasteiger partial charge on any atom is -0.197 e. The minimum absolute atomic E-state index is 0.503. The average Bonchev–Trinajstić information content (AvgIpc) is 2.88. The van der Waals surface area contributed by atoms with Gasteiger partial charge in [0.25, 0.3) is 0 Å². The van der Waals surface area contributed by atoms with Crippen LogP contribution in [0.1, 0.15) is 49.4 Å². The molecule has 0 aliphatic heterocycles. The van der Waals surface area contributed by atoms with Gasteiger partial charge in [-0.25, -0.2) is 0 Å². The van der Waals surface area contributed by atoms with Gasteiger partial charge in [0.1, 0.15) is 0 Å². The van der Waals surface area contributed by atoms with Gasteiger partial charge in [-0.2, -0.15) is 4.68 Å². The van der Waals surface area contributed by atoms with Gasteiger partial charge in [-0.1, -0.05) is 35.2 Å². The van der Waals surface area contributed by atoms with Gasteiger partial charge in [0.05, 0.1) is 5.69 Å². The van der Waals surface area contributed by atoms with Crippen LogP contribution in [-0.4, -0.2) is 20.2 Å². The van der Waals surface area contributed by atoms with Crippen LogP contribution >= 0.6 is 15.9 Å². The Morgan fingerprint density at radius 3 is 2.68 bits per heavy atom. The van der Waals surface area contributed by atoms with Crippen molar-refractivity contribution >= 4 is 15.9 Å². The van der Waals surface area contributed by atoms with E-state index >= 15 is 0 Å². The van der Waals surface area contributed by atoms with E-state index in [1.54, 1.807) is 0 Å². The summed E-state index contributed by atoms with van der Waals surface area (Å²) in [6.07, 6.45) is 6.32. The first kappa shape index (κ1) is 12.8. The van der Waals surface area contributed by atoms with Crippen LogP contribution in [0.2, 0.25) is 0 Å². The van der Waals surface area contributed by atoms with Crippen LogP contribution in [0.15, 0.2) is 22.7 Å². The zero-order valence-corrected chi connectivity index (χ0v) is 12.6. The lowest BCUT2D eigenvalue weighted by Gasteiger charge is -2.20. The van der Waals surface area contributed by atoms with Crippen molar-refractivity contribution in [2.24, 2.45) is 0 Å². The SMILES string of the molecule is Cc1cc(Br)cc(-n2nnnc2C2CCCCC2)c1. The maximum Gasteiger partial charge on any atom is 0.159 e. The van der Waals surface area contributed by atoms with Crippen molar-refractivity contribution in [1.29, 1.82) is 0 Å². The van der Waals surface area contributed by atoms with Crippen LogP contribution in [0.4, 0.5) is 0 Å². The van der Waals surface area contributed by atoms with Gasteiger partial charge in [0.2, 0.25) is 0 Å². The van der Waals surface area contributed by atoms with Crippen LogP contribution in [0.3, 0.4) is 0 Å². The van der Waals surface area contributed by atoms with Crippen LogP contribution in [0, 0.1) is 6.92 Å². The maximum absolute atomic E-state index is 4.26. The molecule has 0 unspecified atom stereocenters. The molecule has 0 N–H and O–H groups in total. The molecule has 0 radical (unpaired) electrons. The summed E-state index contributed by atoms with van der Waals surface area (Å²) in [7, 11) is 0. The number of hydrogen-bond acceptors (Lipinski definition) is 3. The lowest BCUT2D eigenvalue weighted by Crippen LogP contribution is -2.12. The summed E-state index contributed by atoms with van der Waals surface area (Å²) in [5.41, 5.74) is 2.24. The first-order valence-electron chi connectivity index (χ1n) is 6.80. The van der Waals surface area contributed by atoms with Gasteiger partial charge in [-0.05, 0) is 54.0 Å². The zero-order chi connectivity index (χ0) is 13.2. The summed E-state index contributed by atoms with van der Waals surface area (Å²) in [5, 5.41) is 12.3. The lowest BCUT2D eigenvalue weighted by atomic mass is 9.88. The van der Waals surface area contributed by atoms with Gasteiger partial charge in [0, 0.05) is 10.4 Å². The first-order valence-corrected chi connectivity index (χ1v) is 7.59. The van der Waals surface area contributed by atoms with E-state index in [1.807, 2.05) is 4.68 Å². The standard InChI is InChI=1S/C14H17BrN4/c1-10-7-12(15)9-13(8-10)19-14(16-17-18-19)11-5-3-2-4-6-11/h7-9,11H,2-6H2,1H3. The summed E-state index contributed by atoms with van der Waals surface area (Å²) in [6.45, 7) is 2.08. The van der Waals surface area contributed by atoms with Crippen LogP contribution in [0.25, 0.3) is 5.69 Å². The lowest BCUT2D eigenvalue weighted by molar-refractivity contribution is 0.422. The molecule has 1 saturated carbocycles. The molecule has 1 aliphatic carbocycles. The number of aryl methyl sites for hydroxylation is 1. The summed E-state index contributed by atoms with van der Waals surface area (Å²) < 4.78 is 2.96. The van der Waals surface area contributed by atoms with Crippen LogP contribution in [0.5, 0.6) is 0 Å². The fourth-order valence-electron chi connectivity index (χ4n) is 2.83. The van der Waals surface area contributed by atoms with E-state index in [-0.39, 0.29) is 0 Å². The second kappa shape index (κ2) is 5.41. The van der Waals surface area contributed by atoms with Crippen LogP contribution in [-0.2, 0) is 0 Å². The van der Waals surface area contributed by atoms with Gasteiger partial charge in [0.15, 0.2) is 5.82 Å². The highest BCUT2D eigenvalue weighted by Crippen LogP contribution is 2.32. The summed E-state index contributed by atoms with van der Waals surface area (Å²) in [6, 6.07) is 6.28. The maximum atomic E-state index is 4.26. The third-order valence-electron chi connectivity index (χ3n) is 3.74. The second-order valence-electron chi connectivity index (χ2n) is 5.27. The molecule has 1 heterocycles. The van der Waals surface area contributed by atoms with E-state index in [0.29, 0.717) is 5.92 Å². The predicted molar refractivity (Wildman–Crippen MR) is 77.4 cm³/mol. The number of aromatic nitrogens is 4. The highest BCUT2D eigenvalue weighted by atomic mass is 79.9. The first-order chi connectivity index (χ1) is 9.24. The van der Waals surface area contributed by atoms with Crippen molar-refractivity contribution in [2.75, 3.05) is 0 Å². The fraction of sp³-hybridized carbons (Fsp3) is 0.500. The van der Waals surface area contributed by atoms with Crippen molar-refractivity contribution in [3.05, 3.63) is 34.1 Å². The Morgan fingerprint density at radius 2 is 1.95 bits per heavy atom. The molecular weight excluding hydrogens is 304 g/mol. The zero-order valence-electron chi connectivity index (χ0n) is 11.0. The Bertz CT molecular complexity index is 552. The largest absolute Gasteiger partial charge is 0.197 e. The number of nitrogens with zero attached hydrogens (tertiary/aromatic N) is 4. The van der Waals surface area contributed by atoms with Crippen LogP contribution < -0.4 is 0 Å². The number of tetrazole rings is 1. The normalized spacial score (nSPS) is 16.7. The molecule has 1 aromatic heterocycles. The van der Waals surface area contributed by atoms with Gasteiger partial charge >= 0.3 is 0 Å². The molecule has 1 aliphatic rings. The number of halogens is 1. The van der Waals surface area contributed by atoms with E-state index in [9.17, 15) is 0 Å². The molecule has 0 amide bonds. The minimum atomic E-state index is 0.503. The second-order valence-corrected chi connectivity index (χ2v) is 6.19. The Labute approximate surface area is 121 Å². The van der Waals surface area contributed by atoms with Crippen molar-refractivity contribution < 1.29 is 0 Å². The Hall–Kier alpha value is -1.23. The van der Waals surface area contributed by atoms with Crippen molar-refractivity contribution in [3.63, 3.8) is 0 Å². The third kappa shape index (κ3) is 2.71. The molecule has 2 aromatic rings. The molecule has 0 saturated heterocycles. The number of rotatable bonds is 2. The smallest absolute Gasteiger partial charge is 0.159 e. The van der Waals surface area contributed by atoms with Crippen molar-refractivity contribution in [3.8, 4) is 5.69 Å². The Balaban J connectivity index is 1.98. The Morgan fingerprint density at radius 1 is 1.16 bits per heavy atom. The number of hydrogen-bond donors (Lipinski definition) is 0. The molecule has 0 atom stereocenters. The molecule has 0 bridgehead atoms. The van der Waals surface area contributed by atoms with Gasteiger partial charge < -0.3 is 0 Å².